The fourth-order valence-electron chi connectivity index (χ4n) is 1.91. The van der Waals surface area contributed by atoms with E-state index in [1.807, 2.05) is 12.1 Å². The Morgan fingerprint density at radius 3 is 2.95 bits per heavy atom. The third-order valence-electron chi connectivity index (χ3n) is 2.86. The summed E-state index contributed by atoms with van der Waals surface area (Å²) in [6, 6.07) is 8.85. The zero-order chi connectivity index (χ0) is 13.2. The van der Waals surface area contributed by atoms with Gasteiger partial charge in [0.2, 0.25) is 5.78 Å². The van der Waals surface area contributed by atoms with Crippen molar-refractivity contribution in [1.29, 1.82) is 0 Å². The number of allylic oxidation sites excluding steroid dienone is 1. The van der Waals surface area contributed by atoms with Crippen LogP contribution >= 0.6 is 0 Å². The molecule has 1 aliphatic heterocycles. The molecular formula is C15H11NO3. The molecule has 0 amide bonds. The standard InChI is InChI=1S/C15H11NO3/c1-18-11-4-5-13-12(8-11)15(17)14(19-13)7-10-3-2-6-16-9-10/h2-9H,1H3/b14-7+. The number of hydrogen-bond donors (Lipinski definition) is 0. The molecule has 1 aliphatic rings. The molecule has 3 rings (SSSR count). The number of Topliss-reactive ketones (excluding diaryl/α,β-unsaturated/α-hetero) is 1. The van der Waals surface area contributed by atoms with Gasteiger partial charge in [0.15, 0.2) is 5.76 Å². The van der Waals surface area contributed by atoms with Crippen LogP contribution in [0.2, 0.25) is 0 Å². The molecule has 2 aromatic rings. The minimum atomic E-state index is -0.141. The van der Waals surface area contributed by atoms with Crippen LogP contribution in [0.4, 0.5) is 0 Å². The molecule has 0 atom stereocenters. The van der Waals surface area contributed by atoms with E-state index in [1.54, 1.807) is 43.8 Å². The summed E-state index contributed by atoms with van der Waals surface area (Å²) in [5.74, 6) is 1.35. The number of methoxy groups -OCH3 is 1. The van der Waals surface area contributed by atoms with Crippen molar-refractivity contribution in [2.24, 2.45) is 0 Å². The minimum Gasteiger partial charge on any atom is -0.497 e. The Hall–Kier alpha value is -2.62. The number of aromatic nitrogens is 1. The van der Waals surface area contributed by atoms with Crippen LogP contribution in [0.1, 0.15) is 15.9 Å². The maximum absolute atomic E-state index is 12.2. The Morgan fingerprint density at radius 2 is 2.21 bits per heavy atom. The average Bonchev–Trinajstić information content (AvgIpc) is 2.76. The zero-order valence-corrected chi connectivity index (χ0v) is 10.3. The van der Waals surface area contributed by atoms with E-state index in [0.29, 0.717) is 22.8 Å². The lowest BCUT2D eigenvalue weighted by atomic mass is 10.1. The second kappa shape index (κ2) is 4.57. The first-order chi connectivity index (χ1) is 9.28. The number of ether oxygens (including phenoxy) is 2. The number of carbonyl (C=O) groups is 1. The Balaban J connectivity index is 1.97. The smallest absolute Gasteiger partial charge is 0.232 e. The summed E-state index contributed by atoms with van der Waals surface area (Å²) in [5, 5.41) is 0. The number of ketones is 1. The highest BCUT2D eigenvalue weighted by molar-refractivity contribution is 6.14. The van der Waals surface area contributed by atoms with Gasteiger partial charge in [-0.3, -0.25) is 9.78 Å². The van der Waals surface area contributed by atoms with E-state index in [9.17, 15) is 4.79 Å². The molecule has 0 bridgehead atoms. The molecule has 19 heavy (non-hydrogen) atoms. The lowest BCUT2D eigenvalue weighted by Gasteiger charge is -2.00. The van der Waals surface area contributed by atoms with Crippen molar-refractivity contribution in [3.63, 3.8) is 0 Å². The van der Waals surface area contributed by atoms with E-state index in [1.165, 1.54) is 0 Å². The summed E-state index contributed by atoms with van der Waals surface area (Å²) in [4.78, 5) is 16.2. The molecule has 0 spiro atoms. The average molecular weight is 253 g/mol. The van der Waals surface area contributed by atoms with E-state index in [2.05, 4.69) is 4.98 Å². The van der Waals surface area contributed by atoms with Gasteiger partial charge < -0.3 is 9.47 Å². The Morgan fingerprint density at radius 1 is 1.32 bits per heavy atom. The molecule has 0 saturated heterocycles. The summed E-state index contributed by atoms with van der Waals surface area (Å²) >= 11 is 0. The number of fused-ring (bicyclic) bond motifs is 1. The second-order valence-electron chi connectivity index (χ2n) is 4.09. The first kappa shape index (κ1) is 11.5. The van der Waals surface area contributed by atoms with Crippen molar-refractivity contribution >= 4 is 11.9 Å². The van der Waals surface area contributed by atoms with Crippen LogP contribution in [0.3, 0.4) is 0 Å². The third-order valence-corrected chi connectivity index (χ3v) is 2.86. The van der Waals surface area contributed by atoms with Gasteiger partial charge in [-0.25, -0.2) is 0 Å². The number of pyridine rings is 1. The molecule has 0 aliphatic carbocycles. The lowest BCUT2D eigenvalue weighted by molar-refractivity contribution is 0.101. The monoisotopic (exact) mass is 253 g/mol. The van der Waals surface area contributed by atoms with Gasteiger partial charge in [-0.15, -0.1) is 0 Å². The fourth-order valence-corrected chi connectivity index (χ4v) is 1.91. The van der Waals surface area contributed by atoms with Gasteiger partial charge in [-0.1, -0.05) is 6.07 Å². The van der Waals surface area contributed by atoms with E-state index >= 15 is 0 Å². The predicted octanol–water partition coefficient (Wildman–Crippen LogP) is 2.71. The van der Waals surface area contributed by atoms with Crippen LogP contribution in [0.15, 0.2) is 48.5 Å². The molecule has 1 aromatic heterocycles. The number of benzene rings is 1. The van der Waals surface area contributed by atoms with Crippen molar-refractivity contribution in [1.82, 2.24) is 4.98 Å². The molecule has 0 N–H and O–H groups in total. The van der Waals surface area contributed by atoms with Gasteiger partial charge in [0, 0.05) is 12.4 Å². The van der Waals surface area contributed by atoms with E-state index in [-0.39, 0.29) is 5.78 Å². The fraction of sp³-hybridized carbons (Fsp3) is 0.0667. The maximum Gasteiger partial charge on any atom is 0.232 e. The molecule has 2 heterocycles. The highest BCUT2D eigenvalue weighted by Gasteiger charge is 2.27. The van der Waals surface area contributed by atoms with Crippen LogP contribution in [0, 0.1) is 0 Å². The van der Waals surface area contributed by atoms with Gasteiger partial charge in [-0.05, 0) is 35.9 Å². The minimum absolute atomic E-state index is 0.141. The summed E-state index contributed by atoms with van der Waals surface area (Å²) in [6.07, 6.45) is 5.04. The van der Waals surface area contributed by atoms with Gasteiger partial charge in [0.25, 0.3) is 0 Å². The maximum atomic E-state index is 12.2. The van der Waals surface area contributed by atoms with E-state index in [0.717, 1.165) is 5.56 Å². The normalized spacial score (nSPS) is 15.2. The largest absolute Gasteiger partial charge is 0.497 e. The summed E-state index contributed by atoms with van der Waals surface area (Å²) in [7, 11) is 1.56. The van der Waals surface area contributed by atoms with Crippen LogP contribution in [0.5, 0.6) is 11.5 Å². The van der Waals surface area contributed by atoms with Crippen molar-refractivity contribution in [2.75, 3.05) is 7.11 Å². The number of nitrogens with zero attached hydrogens (tertiary/aromatic N) is 1. The highest BCUT2D eigenvalue weighted by Crippen LogP contribution is 2.34. The van der Waals surface area contributed by atoms with Crippen LogP contribution in [-0.2, 0) is 0 Å². The number of rotatable bonds is 2. The summed E-state index contributed by atoms with van der Waals surface area (Å²) < 4.78 is 10.7. The second-order valence-corrected chi connectivity index (χ2v) is 4.09. The van der Waals surface area contributed by atoms with E-state index in [4.69, 9.17) is 9.47 Å². The van der Waals surface area contributed by atoms with Crippen LogP contribution in [-0.4, -0.2) is 17.9 Å². The molecule has 0 unspecified atom stereocenters. The Bertz CT molecular complexity index is 662. The van der Waals surface area contributed by atoms with Gasteiger partial charge in [0.1, 0.15) is 11.5 Å². The van der Waals surface area contributed by atoms with Gasteiger partial charge in [0.05, 0.1) is 12.7 Å². The number of carbonyl (C=O) groups excluding carboxylic acids is 1. The molecule has 94 valence electrons. The molecule has 0 radical (unpaired) electrons. The van der Waals surface area contributed by atoms with Crippen molar-refractivity contribution in [2.45, 2.75) is 0 Å². The van der Waals surface area contributed by atoms with Gasteiger partial charge in [-0.2, -0.15) is 0 Å². The Kier molecular flexibility index (Phi) is 2.76. The highest BCUT2D eigenvalue weighted by atomic mass is 16.5. The SMILES string of the molecule is COc1ccc2c(c1)C(=O)/C(=C\c1cccnc1)O2. The van der Waals surface area contributed by atoms with Gasteiger partial charge >= 0.3 is 0 Å². The topological polar surface area (TPSA) is 48.4 Å². The van der Waals surface area contributed by atoms with Crippen molar-refractivity contribution in [3.8, 4) is 11.5 Å². The number of hydrogen-bond acceptors (Lipinski definition) is 4. The lowest BCUT2D eigenvalue weighted by Crippen LogP contribution is -1.98. The first-order valence-electron chi connectivity index (χ1n) is 5.80. The summed E-state index contributed by atoms with van der Waals surface area (Å²) in [6.45, 7) is 0. The molecule has 0 fully saturated rings. The molecular weight excluding hydrogens is 242 g/mol. The van der Waals surface area contributed by atoms with Crippen molar-refractivity contribution in [3.05, 3.63) is 59.6 Å². The predicted molar refractivity (Wildman–Crippen MR) is 70.2 cm³/mol. The molecule has 4 heteroatoms. The summed E-state index contributed by atoms with van der Waals surface area (Å²) in [5.41, 5.74) is 1.35. The quantitative estimate of drug-likeness (QED) is 0.772. The van der Waals surface area contributed by atoms with Crippen molar-refractivity contribution < 1.29 is 14.3 Å². The molecule has 4 nitrogen and oxygen atoms in total. The first-order valence-corrected chi connectivity index (χ1v) is 5.80. The van der Waals surface area contributed by atoms with Crippen LogP contribution < -0.4 is 9.47 Å². The van der Waals surface area contributed by atoms with E-state index < -0.39 is 0 Å². The van der Waals surface area contributed by atoms with Crippen LogP contribution in [0.25, 0.3) is 6.08 Å². The Labute approximate surface area is 110 Å². The molecule has 1 aromatic carbocycles. The third kappa shape index (κ3) is 2.08. The zero-order valence-electron chi connectivity index (χ0n) is 10.3. The molecule has 0 saturated carbocycles.